The van der Waals surface area contributed by atoms with Gasteiger partial charge < -0.3 is 9.64 Å². The van der Waals surface area contributed by atoms with Gasteiger partial charge in [0.05, 0.1) is 17.5 Å². The van der Waals surface area contributed by atoms with Crippen LogP contribution >= 0.6 is 0 Å². The second-order valence-electron chi connectivity index (χ2n) is 7.75. The minimum absolute atomic E-state index is 0.323. The Morgan fingerprint density at radius 2 is 1.82 bits per heavy atom. The van der Waals surface area contributed by atoms with Crippen molar-refractivity contribution >= 4 is 20.9 Å². The number of rotatable bonds is 4. The highest BCUT2D eigenvalue weighted by Crippen LogP contribution is 2.37. The van der Waals surface area contributed by atoms with E-state index in [4.69, 9.17) is 4.74 Å². The molecular weight excluding hydrogens is 372 g/mol. The molecule has 0 fully saturated rings. The molecule has 1 atom stereocenters. The van der Waals surface area contributed by atoms with Crippen molar-refractivity contribution in [3.63, 3.8) is 0 Å². The molecule has 5 nitrogen and oxygen atoms in total. The summed E-state index contributed by atoms with van der Waals surface area (Å²) < 4.78 is 34.1. The molecule has 0 N–H and O–H groups in total. The predicted octanol–water partition coefficient (Wildman–Crippen LogP) is 3.61. The third kappa shape index (κ3) is 3.01. The summed E-state index contributed by atoms with van der Waals surface area (Å²) in [6.45, 7) is 1.96. The van der Waals surface area contributed by atoms with Crippen LogP contribution in [0, 0.1) is 6.92 Å². The van der Waals surface area contributed by atoms with Crippen molar-refractivity contribution in [2.24, 2.45) is 0 Å². The van der Waals surface area contributed by atoms with Crippen LogP contribution in [-0.2, 0) is 22.9 Å². The van der Waals surface area contributed by atoms with Gasteiger partial charge in [0.25, 0.3) is 10.0 Å². The summed E-state index contributed by atoms with van der Waals surface area (Å²) in [6, 6.07) is 13.1. The van der Waals surface area contributed by atoms with E-state index in [1.807, 2.05) is 37.3 Å². The molecule has 4 rings (SSSR count). The second-order valence-corrected chi connectivity index (χ2v) is 9.54. The molecule has 0 saturated carbocycles. The fourth-order valence-electron chi connectivity index (χ4n) is 4.14. The summed E-state index contributed by atoms with van der Waals surface area (Å²) in [6.07, 6.45) is 2.51. The molecule has 0 bridgehead atoms. The van der Waals surface area contributed by atoms with Crippen LogP contribution in [0.15, 0.2) is 47.4 Å². The van der Waals surface area contributed by atoms with E-state index in [9.17, 15) is 8.42 Å². The molecule has 0 spiro atoms. The van der Waals surface area contributed by atoms with Gasteiger partial charge in [-0.1, -0.05) is 17.7 Å². The zero-order valence-electron chi connectivity index (χ0n) is 16.8. The number of likely N-dealkylation sites (N-methyl/N-ethyl adjacent to an activating group) is 1. The average molecular weight is 399 g/mol. The van der Waals surface area contributed by atoms with Gasteiger partial charge in [-0.05, 0) is 76.2 Å². The summed E-state index contributed by atoms with van der Waals surface area (Å²) in [5.74, 6) is 0.743. The Hall–Kier alpha value is -2.31. The first-order chi connectivity index (χ1) is 13.3. The summed E-state index contributed by atoms with van der Waals surface area (Å²) in [5, 5.41) is 0.969. The molecule has 1 aromatic heterocycles. The van der Waals surface area contributed by atoms with Crippen molar-refractivity contribution in [2.75, 3.05) is 21.2 Å². The third-order valence-electron chi connectivity index (χ3n) is 5.78. The Bertz CT molecular complexity index is 1130. The lowest BCUT2D eigenvalue weighted by Crippen LogP contribution is -2.34. The summed E-state index contributed by atoms with van der Waals surface area (Å²) in [4.78, 5) is 2.55. The number of hydrogen-bond acceptors (Lipinski definition) is 4. The number of hydrogen-bond donors (Lipinski definition) is 0. The highest BCUT2D eigenvalue weighted by molar-refractivity contribution is 7.90. The predicted molar refractivity (Wildman–Crippen MR) is 112 cm³/mol. The lowest BCUT2D eigenvalue weighted by Gasteiger charge is -2.29. The minimum Gasteiger partial charge on any atom is -0.497 e. The van der Waals surface area contributed by atoms with E-state index in [1.165, 1.54) is 0 Å². The fraction of sp³-hybridized carbons (Fsp3) is 0.364. The van der Waals surface area contributed by atoms with Gasteiger partial charge in [-0.3, -0.25) is 0 Å². The van der Waals surface area contributed by atoms with Crippen molar-refractivity contribution in [3.8, 4) is 5.75 Å². The molecule has 1 unspecified atom stereocenters. The number of benzene rings is 2. The van der Waals surface area contributed by atoms with Crippen molar-refractivity contribution in [2.45, 2.75) is 37.1 Å². The molecule has 1 aliphatic carbocycles. The van der Waals surface area contributed by atoms with Crippen LogP contribution < -0.4 is 4.74 Å². The van der Waals surface area contributed by atoms with Crippen LogP contribution in [0.3, 0.4) is 0 Å². The second kappa shape index (κ2) is 6.94. The Morgan fingerprint density at radius 3 is 2.46 bits per heavy atom. The monoisotopic (exact) mass is 398 g/mol. The van der Waals surface area contributed by atoms with Crippen molar-refractivity contribution < 1.29 is 13.2 Å². The van der Waals surface area contributed by atoms with Crippen LogP contribution in [0.1, 0.15) is 23.2 Å². The summed E-state index contributed by atoms with van der Waals surface area (Å²) in [7, 11) is 2.12. The fourth-order valence-corrected chi connectivity index (χ4v) is 5.74. The van der Waals surface area contributed by atoms with Crippen LogP contribution in [0.25, 0.3) is 10.9 Å². The van der Waals surface area contributed by atoms with Gasteiger partial charge in [0.1, 0.15) is 5.75 Å². The van der Waals surface area contributed by atoms with Crippen LogP contribution in [0.5, 0.6) is 5.75 Å². The van der Waals surface area contributed by atoms with Crippen LogP contribution in [0.4, 0.5) is 0 Å². The Balaban J connectivity index is 1.98. The minimum atomic E-state index is -3.68. The van der Waals surface area contributed by atoms with E-state index in [0.29, 0.717) is 10.9 Å². The Kier molecular flexibility index (Phi) is 4.71. The van der Waals surface area contributed by atoms with E-state index in [2.05, 4.69) is 19.0 Å². The number of aryl methyl sites for hydroxylation is 1. The maximum atomic E-state index is 13.6. The van der Waals surface area contributed by atoms with Gasteiger partial charge in [-0.25, -0.2) is 12.4 Å². The largest absolute Gasteiger partial charge is 0.497 e. The molecule has 148 valence electrons. The summed E-state index contributed by atoms with van der Waals surface area (Å²) >= 11 is 0. The van der Waals surface area contributed by atoms with E-state index >= 15 is 0 Å². The first-order valence-electron chi connectivity index (χ1n) is 9.52. The number of fused-ring (bicyclic) bond motifs is 3. The smallest absolute Gasteiger partial charge is 0.268 e. The Morgan fingerprint density at radius 1 is 1.11 bits per heavy atom. The zero-order chi connectivity index (χ0) is 20.1. The number of aromatic nitrogens is 1. The van der Waals surface area contributed by atoms with E-state index in [1.54, 1.807) is 23.2 Å². The first kappa shape index (κ1) is 19.0. The molecule has 1 heterocycles. The lowest BCUT2D eigenvalue weighted by molar-refractivity contribution is 0.267. The van der Waals surface area contributed by atoms with Gasteiger partial charge in [0.2, 0.25) is 0 Å². The molecule has 0 saturated heterocycles. The normalized spacial score (nSPS) is 17.1. The van der Waals surface area contributed by atoms with Crippen molar-refractivity contribution in [1.82, 2.24) is 8.87 Å². The molecule has 0 radical (unpaired) electrons. The van der Waals surface area contributed by atoms with Crippen LogP contribution in [-0.4, -0.2) is 44.5 Å². The van der Waals surface area contributed by atoms with Crippen LogP contribution in [0.2, 0.25) is 0 Å². The van der Waals surface area contributed by atoms with Crippen molar-refractivity contribution in [3.05, 3.63) is 59.3 Å². The van der Waals surface area contributed by atoms with E-state index < -0.39 is 10.0 Å². The molecular formula is C22H26N2O3S. The molecule has 3 aromatic rings. The zero-order valence-corrected chi connectivity index (χ0v) is 17.6. The maximum absolute atomic E-state index is 13.6. The Labute approximate surface area is 166 Å². The number of methoxy groups -OCH3 is 1. The first-order valence-corrected chi connectivity index (χ1v) is 11.0. The molecule has 28 heavy (non-hydrogen) atoms. The van der Waals surface area contributed by atoms with Gasteiger partial charge in [0.15, 0.2) is 0 Å². The lowest BCUT2D eigenvalue weighted by atomic mass is 9.91. The van der Waals surface area contributed by atoms with Gasteiger partial charge in [-0.15, -0.1) is 0 Å². The average Bonchev–Trinajstić information content (AvgIpc) is 3.01. The number of ether oxygens (including phenoxy) is 1. The molecule has 6 heteroatoms. The van der Waals surface area contributed by atoms with Crippen molar-refractivity contribution in [1.29, 1.82) is 0 Å². The third-order valence-corrected chi connectivity index (χ3v) is 7.55. The molecule has 0 aliphatic heterocycles. The molecule has 1 aliphatic rings. The topological polar surface area (TPSA) is 51.5 Å². The van der Waals surface area contributed by atoms with E-state index in [-0.39, 0.29) is 0 Å². The van der Waals surface area contributed by atoms with Gasteiger partial charge >= 0.3 is 0 Å². The highest BCUT2D eigenvalue weighted by Gasteiger charge is 2.31. The summed E-state index contributed by atoms with van der Waals surface area (Å²) in [5.41, 5.74) is 3.79. The highest BCUT2D eigenvalue weighted by atomic mass is 32.2. The maximum Gasteiger partial charge on any atom is 0.268 e. The molecule has 0 amide bonds. The van der Waals surface area contributed by atoms with Gasteiger partial charge in [-0.2, -0.15) is 0 Å². The standard InChI is InChI=1S/C22H26N2O3S/c1-15-5-9-18(10-6-15)28(25,26)24-21-11-7-16(23(2)3)13-19(21)20-14-17(27-4)8-12-22(20)24/h5-6,8-10,12,14,16H,7,11,13H2,1-4H3. The SMILES string of the molecule is COc1ccc2c(c1)c1c(n2S(=O)(=O)c2ccc(C)cc2)CCC(N(C)C)C1. The molecule has 2 aromatic carbocycles. The van der Waals surface area contributed by atoms with E-state index in [0.717, 1.165) is 52.7 Å². The van der Waals surface area contributed by atoms with Gasteiger partial charge in [0, 0.05) is 17.1 Å². The quantitative estimate of drug-likeness (QED) is 0.674. The number of nitrogens with zero attached hydrogens (tertiary/aromatic N) is 2.